The molecule has 0 unspecified atom stereocenters. The van der Waals surface area contributed by atoms with Crippen molar-refractivity contribution in [3.05, 3.63) is 53.7 Å². The van der Waals surface area contributed by atoms with Gasteiger partial charge in [0.25, 0.3) is 5.91 Å². The van der Waals surface area contributed by atoms with Crippen LogP contribution < -0.4 is 16.8 Å². The number of hydrogen-bond acceptors (Lipinski definition) is 6. The van der Waals surface area contributed by atoms with Gasteiger partial charge in [0.2, 0.25) is 0 Å². The Bertz CT molecular complexity index is 939. The number of likely N-dealkylation sites (tertiary alicyclic amines) is 1. The van der Waals surface area contributed by atoms with Crippen LogP contribution in [0.1, 0.15) is 37.4 Å². The van der Waals surface area contributed by atoms with Crippen molar-refractivity contribution in [1.29, 1.82) is 5.26 Å². The third kappa shape index (κ3) is 6.06. The maximum Gasteiger partial charge on any atom is 0.253 e. The van der Waals surface area contributed by atoms with Gasteiger partial charge < -0.3 is 16.8 Å². The van der Waals surface area contributed by atoms with E-state index in [0.717, 1.165) is 38.2 Å². The average Bonchev–Trinajstić information content (AvgIpc) is 3.06. The molecule has 166 valence electrons. The number of primary amides is 1. The maximum atomic E-state index is 11.9. The first-order valence-electron chi connectivity index (χ1n) is 10.2. The quantitative estimate of drug-likeness (QED) is 0.237. The Hall–Kier alpha value is -3.38. The summed E-state index contributed by atoms with van der Waals surface area (Å²) >= 11 is 0. The Kier molecular flexibility index (Phi) is 8.16. The number of aliphatic imine (C=N–C) groups is 1. The van der Waals surface area contributed by atoms with Crippen molar-refractivity contribution in [3.8, 4) is 6.07 Å². The molecule has 5 N–H and O–H groups in total. The molecule has 9 nitrogen and oxygen atoms in total. The van der Waals surface area contributed by atoms with Gasteiger partial charge in [-0.15, -0.1) is 0 Å². The lowest BCUT2D eigenvalue weighted by atomic mass is 9.84. The number of nitriles is 1. The Morgan fingerprint density at radius 1 is 1.45 bits per heavy atom. The van der Waals surface area contributed by atoms with Gasteiger partial charge in [-0.05, 0) is 32.8 Å². The number of rotatable bonds is 9. The fourth-order valence-corrected chi connectivity index (χ4v) is 3.53. The van der Waals surface area contributed by atoms with E-state index in [4.69, 9.17) is 11.5 Å². The summed E-state index contributed by atoms with van der Waals surface area (Å²) in [5.74, 6) is -0.686. The third-order valence-corrected chi connectivity index (χ3v) is 5.78. The molecule has 0 saturated carbocycles. The van der Waals surface area contributed by atoms with Crippen LogP contribution in [0.2, 0.25) is 0 Å². The van der Waals surface area contributed by atoms with Gasteiger partial charge >= 0.3 is 0 Å². The van der Waals surface area contributed by atoms with Gasteiger partial charge in [0.15, 0.2) is 0 Å². The molecule has 0 bridgehead atoms. The molecule has 0 radical (unpaired) electrons. The van der Waals surface area contributed by atoms with Gasteiger partial charge in [-0.25, -0.2) is 4.99 Å². The van der Waals surface area contributed by atoms with Gasteiger partial charge in [0, 0.05) is 44.1 Å². The summed E-state index contributed by atoms with van der Waals surface area (Å²) in [7, 11) is 1.93. The Morgan fingerprint density at radius 3 is 2.61 bits per heavy atom. The minimum atomic E-state index is -0.690. The summed E-state index contributed by atoms with van der Waals surface area (Å²) in [5.41, 5.74) is 14.0. The molecule has 1 saturated heterocycles. The molecule has 1 aliphatic rings. The number of nitrogens with two attached hydrogens (primary N) is 2. The summed E-state index contributed by atoms with van der Waals surface area (Å²) in [4.78, 5) is 18.5. The largest absolute Gasteiger partial charge is 0.384 e. The van der Waals surface area contributed by atoms with E-state index < -0.39 is 11.4 Å². The molecule has 1 aromatic rings. The first kappa shape index (κ1) is 23.9. The fourth-order valence-electron chi connectivity index (χ4n) is 3.53. The molecule has 1 amide bonds. The molecule has 1 aromatic heterocycles. The summed E-state index contributed by atoms with van der Waals surface area (Å²) in [6.07, 6.45) is 8.45. The van der Waals surface area contributed by atoms with E-state index in [1.807, 2.05) is 17.9 Å². The summed E-state index contributed by atoms with van der Waals surface area (Å²) < 4.78 is 1.87. The molecule has 0 atom stereocenters. The van der Waals surface area contributed by atoms with E-state index in [-0.39, 0.29) is 11.4 Å². The highest BCUT2D eigenvalue weighted by Crippen LogP contribution is 2.27. The van der Waals surface area contributed by atoms with Crippen LogP contribution in [-0.4, -0.2) is 45.1 Å². The molecule has 1 aliphatic heterocycles. The fraction of sp³-hybridized carbons (Fsp3) is 0.455. The lowest BCUT2D eigenvalue weighted by Crippen LogP contribution is -2.51. The highest BCUT2D eigenvalue weighted by Gasteiger charge is 2.34. The van der Waals surface area contributed by atoms with Crippen LogP contribution in [0.15, 0.2) is 47.4 Å². The molecule has 0 spiro atoms. The minimum absolute atomic E-state index is 0.00426. The van der Waals surface area contributed by atoms with Crippen molar-refractivity contribution in [2.75, 3.05) is 13.1 Å². The number of hydrogen-bond donors (Lipinski definition) is 3. The van der Waals surface area contributed by atoms with E-state index in [0.29, 0.717) is 12.1 Å². The smallest absolute Gasteiger partial charge is 0.253 e. The van der Waals surface area contributed by atoms with Gasteiger partial charge in [-0.2, -0.15) is 10.4 Å². The Labute approximate surface area is 183 Å². The average molecular weight is 425 g/mol. The van der Waals surface area contributed by atoms with Crippen molar-refractivity contribution in [1.82, 2.24) is 20.0 Å². The number of aryl methyl sites for hydroxylation is 1. The first-order valence-corrected chi connectivity index (χ1v) is 10.2. The number of nitrogens with zero attached hydrogens (tertiary/aromatic N) is 5. The molecule has 0 aliphatic carbocycles. The number of piperidine rings is 1. The van der Waals surface area contributed by atoms with Crippen LogP contribution in [-0.2, 0) is 18.4 Å². The lowest BCUT2D eigenvalue weighted by molar-refractivity contribution is -0.114. The van der Waals surface area contributed by atoms with Crippen molar-refractivity contribution < 1.29 is 4.79 Å². The second-order valence-corrected chi connectivity index (χ2v) is 7.75. The predicted octanol–water partition coefficient (Wildman–Crippen LogP) is 1.38. The standard InChI is InChI=1S/C22H32N8O/c1-5-18(6-2)28-20(24)19(21(25)31)14-26-22(7-10-23)8-11-30(12-9-22)15-17-13-27-29(4)16(17)3/h5-6,13-14,26H,1,7-9,11-12,15H2,2-4H3,(H2,24,28)(H2,25,31)/b18-6+,19-14+. The van der Waals surface area contributed by atoms with E-state index >= 15 is 0 Å². The van der Waals surface area contributed by atoms with Crippen molar-refractivity contribution in [3.63, 3.8) is 0 Å². The molecule has 0 aromatic carbocycles. The highest BCUT2D eigenvalue weighted by atomic mass is 16.1. The second kappa shape index (κ2) is 10.6. The van der Waals surface area contributed by atoms with Gasteiger partial charge in [0.1, 0.15) is 5.84 Å². The van der Waals surface area contributed by atoms with Crippen LogP contribution in [0.5, 0.6) is 0 Å². The van der Waals surface area contributed by atoms with Crippen LogP contribution >= 0.6 is 0 Å². The van der Waals surface area contributed by atoms with Crippen LogP contribution in [0.25, 0.3) is 0 Å². The number of carbonyl (C=O) groups is 1. The normalized spacial score (nSPS) is 17.8. The number of amides is 1. The summed E-state index contributed by atoms with van der Waals surface area (Å²) in [6.45, 7) is 9.95. The molecule has 1 fully saturated rings. The number of amidine groups is 1. The van der Waals surface area contributed by atoms with Crippen LogP contribution in [0.4, 0.5) is 0 Å². The van der Waals surface area contributed by atoms with E-state index in [9.17, 15) is 10.1 Å². The van der Waals surface area contributed by atoms with E-state index in [2.05, 4.69) is 39.9 Å². The monoisotopic (exact) mass is 424 g/mol. The first-order chi connectivity index (χ1) is 14.7. The summed E-state index contributed by atoms with van der Waals surface area (Å²) in [6, 6.07) is 2.26. The van der Waals surface area contributed by atoms with Crippen molar-refractivity contribution in [2.45, 2.75) is 45.2 Å². The second-order valence-electron chi connectivity index (χ2n) is 7.75. The van der Waals surface area contributed by atoms with Crippen LogP contribution in [0, 0.1) is 18.3 Å². The zero-order valence-corrected chi connectivity index (χ0v) is 18.6. The molecule has 2 rings (SSSR count). The lowest BCUT2D eigenvalue weighted by Gasteiger charge is -2.41. The number of aromatic nitrogens is 2. The molecule has 2 heterocycles. The minimum Gasteiger partial charge on any atom is -0.384 e. The molecule has 31 heavy (non-hydrogen) atoms. The van der Waals surface area contributed by atoms with Crippen molar-refractivity contribution in [2.24, 2.45) is 23.5 Å². The maximum absolute atomic E-state index is 11.9. The van der Waals surface area contributed by atoms with E-state index in [1.165, 1.54) is 17.8 Å². The Balaban J connectivity index is 2.14. The SMILES string of the molecule is C=CC(=C\C)/N=C(N)/C(=C\NC1(CC#N)CCN(Cc2cnn(C)c2C)CC1)C(N)=O. The number of nitrogens with one attached hydrogen (secondary N) is 1. The molecular formula is C22H32N8O. The number of carbonyl (C=O) groups excluding carboxylic acids is 1. The summed E-state index contributed by atoms with van der Waals surface area (Å²) in [5, 5.41) is 17.0. The zero-order chi connectivity index (χ0) is 23.0. The van der Waals surface area contributed by atoms with Crippen molar-refractivity contribution >= 4 is 11.7 Å². The van der Waals surface area contributed by atoms with Gasteiger partial charge in [-0.3, -0.25) is 14.4 Å². The van der Waals surface area contributed by atoms with Crippen LogP contribution in [0.3, 0.4) is 0 Å². The predicted molar refractivity (Wildman–Crippen MR) is 121 cm³/mol. The topological polar surface area (TPSA) is 138 Å². The highest BCUT2D eigenvalue weighted by molar-refractivity contribution is 6.19. The Morgan fingerprint density at radius 2 is 2.13 bits per heavy atom. The number of allylic oxidation sites excluding steroid dienone is 2. The zero-order valence-electron chi connectivity index (χ0n) is 18.6. The van der Waals surface area contributed by atoms with Gasteiger partial charge in [0.05, 0.1) is 35.5 Å². The van der Waals surface area contributed by atoms with E-state index in [1.54, 1.807) is 13.0 Å². The third-order valence-electron chi connectivity index (χ3n) is 5.78. The van der Waals surface area contributed by atoms with Gasteiger partial charge in [-0.1, -0.05) is 12.7 Å². The molecular weight excluding hydrogens is 392 g/mol. The molecule has 9 heteroatoms.